The molecule has 0 amide bonds. The molecule has 8 nitrogen and oxygen atoms in total. The van der Waals surface area contributed by atoms with E-state index in [0.29, 0.717) is 22.3 Å². The second kappa shape index (κ2) is 7.14. The maximum atomic E-state index is 13.3. The van der Waals surface area contributed by atoms with Crippen molar-refractivity contribution in [1.29, 1.82) is 0 Å². The Labute approximate surface area is 186 Å². The predicted octanol–water partition coefficient (Wildman–Crippen LogP) is 3.93. The molecule has 0 atom stereocenters. The molecule has 0 bridgehead atoms. The molecule has 32 heavy (non-hydrogen) atoms. The molecule has 3 aromatic carbocycles. The topological polar surface area (TPSA) is 82.9 Å². The number of halogens is 1. The summed E-state index contributed by atoms with van der Waals surface area (Å²) < 4.78 is 4.65. The van der Waals surface area contributed by atoms with Gasteiger partial charge >= 0.3 is 5.56 Å². The van der Waals surface area contributed by atoms with Gasteiger partial charge in [0, 0.05) is 10.6 Å². The molecule has 0 radical (unpaired) electrons. The van der Waals surface area contributed by atoms with E-state index in [1.54, 1.807) is 16.8 Å². The van der Waals surface area contributed by atoms with Gasteiger partial charge in [0.1, 0.15) is 0 Å². The predicted molar refractivity (Wildman–Crippen MR) is 121 cm³/mol. The molecule has 0 spiro atoms. The quantitative estimate of drug-likeness (QED) is 0.417. The fourth-order valence-electron chi connectivity index (χ4n) is 3.66. The molecule has 3 aromatic heterocycles. The van der Waals surface area contributed by atoms with Gasteiger partial charge in [-0.2, -0.15) is 14.2 Å². The molecular formula is C23H14ClN7O. The maximum Gasteiger partial charge on any atom is 0.305 e. The lowest BCUT2D eigenvalue weighted by atomic mass is 10.2. The summed E-state index contributed by atoms with van der Waals surface area (Å²) in [5.74, 6) is 0.924. The van der Waals surface area contributed by atoms with Crippen molar-refractivity contribution in [2.24, 2.45) is 0 Å². The van der Waals surface area contributed by atoms with E-state index in [1.165, 1.54) is 4.52 Å². The first-order valence-corrected chi connectivity index (χ1v) is 10.2. The summed E-state index contributed by atoms with van der Waals surface area (Å²) in [6.45, 7) is 0. The van der Waals surface area contributed by atoms with E-state index in [4.69, 9.17) is 16.6 Å². The minimum atomic E-state index is -0.392. The highest BCUT2D eigenvalue weighted by atomic mass is 35.5. The van der Waals surface area contributed by atoms with Gasteiger partial charge in [0.25, 0.3) is 0 Å². The Bertz CT molecular complexity index is 1640. The van der Waals surface area contributed by atoms with Crippen LogP contribution in [0.1, 0.15) is 0 Å². The van der Waals surface area contributed by atoms with Crippen molar-refractivity contribution in [2.75, 3.05) is 0 Å². The minimum Gasteiger partial charge on any atom is -0.265 e. The zero-order valence-electron chi connectivity index (χ0n) is 16.5. The van der Waals surface area contributed by atoms with Crippen LogP contribution in [-0.2, 0) is 0 Å². The molecule has 6 rings (SSSR count). The number of hydrogen-bond acceptors (Lipinski definition) is 5. The van der Waals surface area contributed by atoms with Crippen LogP contribution in [0.2, 0.25) is 5.02 Å². The van der Waals surface area contributed by atoms with E-state index in [0.717, 1.165) is 16.9 Å². The van der Waals surface area contributed by atoms with E-state index in [-0.39, 0.29) is 5.52 Å². The van der Waals surface area contributed by atoms with Crippen LogP contribution in [0.25, 0.3) is 39.7 Å². The summed E-state index contributed by atoms with van der Waals surface area (Å²) in [6, 6.07) is 26.4. The summed E-state index contributed by atoms with van der Waals surface area (Å²) in [5.41, 5.74) is 2.48. The van der Waals surface area contributed by atoms with Gasteiger partial charge in [0.15, 0.2) is 17.0 Å². The van der Waals surface area contributed by atoms with Crippen molar-refractivity contribution in [1.82, 2.24) is 34.2 Å². The Balaban J connectivity index is 1.73. The molecular weight excluding hydrogens is 426 g/mol. The molecule has 0 fully saturated rings. The third kappa shape index (κ3) is 2.81. The van der Waals surface area contributed by atoms with Crippen molar-refractivity contribution >= 4 is 28.5 Å². The van der Waals surface area contributed by atoms with Crippen molar-refractivity contribution in [3.05, 3.63) is 100 Å². The molecule has 154 valence electrons. The summed E-state index contributed by atoms with van der Waals surface area (Å²) >= 11 is 6.11. The van der Waals surface area contributed by atoms with Crippen LogP contribution in [0.5, 0.6) is 0 Å². The first-order valence-electron chi connectivity index (χ1n) is 9.85. The van der Waals surface area contributed by atoms with Gasteiger partial charge in [-0.05, 0) is 36.4 Å². The lowest BCUT2D eigenvalue weighted by Crippen LogP contribution is -2.17. The average molecular weight is 440 g/mol. The molecule has 9 heteroatoms. The smallest absolute Gasteiger partial charge is 0.265 e. The molecule has 0 N–H and O–H groups in total. The molecule has 0 aliphatic rings. The summed E-state index contributed by atoms with van der Waals surface area (Å²) in [4.78, 5) is 18.1. The number of para-hydroxylation sites is 1. The SMILES string of the molecule is O=c1c2nnn(-c3ccccc3)c2nc2n(-c3ccc(Cl)cc3)c(-c3ccccc3)nn12. The molecule has 3 heterocycles. The monoisotopic (exact) mass is 439 g/mol. The Morgan fingerprint density at radius 2 is 1.47 bits per heavy atom. The van der Waals surface area contributed by atoms with E-state index in [1.807, 2.05) is 77.4 Å². The van der Waals surface area contributed by atoms with Gasteiger partial charge in [-0.25, -0.2) is 0 Å². The third-order valence-electron chi connectivity index (χ3n) is 5.16. The van der Waals surface area contributed by atoms with E-state index >= 15 is 0 Å². The Morgan fingerprint density at radius 3 is 2.19 bits per heavy atom. The minimum absolute atomic E-state index is 0.145. The van der Waals surface area contributed by atoms with E-state index in [9.17, 15) is 4.79 Å². The fourth-order valence-corrected chi connectivity index (χ4v) is 3.79. The van der Waals surface area contributed by atoms with Crippen LogP contribution in [0.4, 0.5) is 0 Å². The highest BCUT2D eigenvalue weighted by molar-refractivity contribution is 6.30. The van der Waals surface area contributed by atoms with Crippen LogP contribution in [-0.4, -0.2) is 34.2 Å². The van der Waals surface area contributed by atoms with Crippen molar-refractivity contribution in [2.45, 2.75) is 0 Å². The zero-order valence-corrected chi connectivity index (χ0v) is 17.3. The van der Waals surface area contributed by atoms with Crippen LogP contribution in [0.3, 0.4) is 0 Å². The van der Waals surface area contributed by atoms with Crippen molar-refractivity contribution < 1.29 is 0 Å². The van der Waals surface area contributed by atoms with Crippen LogP contribution < -0.4 is 5.56 Å². The largest absolute Gasteiger partial charge is 0.305 e. The Morgan fingerprint density at radius 1 is 0.781 bits per heavy atom. The van der Waals surface area contributed by atoms with Gasteiger partial charge in [-0.1, -0.05) is 65.3 Å². The second-order valence-corrected chi connectivity index (χ2v) is 7.58. The molecule has 0 unspecified atom stereocenters. The van der Waals surface area contributed by atoms with E-state index in [2.05, 4.69) is 15.4 Å². The molecule has 0 aliphatic carbocycles. The number of rotatable bonds is 3. The highest BCUT2D eigenvalue weighted by Gasteiger charge is 2.21. The Kier molecular flexibility index (Phi) is 4.12. The van der Waals surface area contributed by atoms with Gasteiger partial charge in [-0.15, -0.1) is 10.2 Å². The van der Waals surface area contributed by atoms with Crippen LogP contribution in [0, 0.1) is 0 Å². The number of nitrogens with zero attached hydrogens (tertiary/aromatic N) is 7. The zero-order chi connectivity index (χ0) is 21.7. The summed E-state index contributed by atoms with van der Waals surface area (Å²) in [5, 5.41) is 13.5. The number of benzene rings is 3. The molecule has 0 saturated carbocycles. The van der Waals surface area contributed by atoms with Crippen LogP contribution >= 0.6 is 11.6 Å². The first kappa shape index (κ1) is 18.5. The van der Waals surface area contributed by atoms with Crippen molar-refractivity contribution in [3.8, 4) is 22.8 Å². The van der Waals surface area contributed by atoms with Gasteiger partial charge in [0.05, 0.1) is 11.4 Å². The molecule has 0 aliphatic heterocycles. The lowest BCUT2D eigenvalue weighted by molar-refractivity contribution is 0.817. The number of hydrogen-bond donors (Lipinski definition) is 0. The van der Waals surface area contributed by atoms with Gasteiger partial charge in [-0.3, -0.25) is 9.36 Å². The van der Waals surface area contributed by atoms with Crippen molar-refractivity contribution in [3.63, 3.8) is 0 Å². The fraction of sp³-hybridized carbons (Fsp3) is 0. The van der Waals surface area contributed by atoms with E-state index < -0.39 is 5.56 Å². The lowest BCUT2D eigenvalue weighted by Gasteiger charge is -2.08. The normalized spacial score (nSPS) is 11.4. The number of fused-ring (bicyclic) bond motifs is 2. The molecule has 6 aromatic rings. The Hall–Kier alpha value is -4.30. The van der Waals surface area contributed by atoms with Crippen LogP contribution in [0.15, 0.2) is 89.7 Å². The maximum absolute atomic E-state index is 13.3. The highest BCUT2D eigenvalue weighted by Crippen LogP contribution is 2.25. The summed E-state index contributed by atoms with van der Waals surface area (Å²) in [6.07, 6.45) is 0. The van der Waals surface area contributed by atoms with Gasteiger partial charge < -0.3 is 0 Å². The average Bonchev–Trinajstić information content (AvgIpc) is 3.44. The third-order valence-corrected chi connectivity index (χ3v) is 5.41. The first-order chi connectivity index (χ1) is 15.7. The summed E-state index contributed by atoms with van der Waals surface area (Å²) in [7, 11) is 0. The standard InChI is InChI=1S/C23H14ClN7O/c24-16-11-13-17(14-12-16)29-20(15-7-3-1-4-8-15)27-31-22(32)19-21(25-23(29)31)30(28-26-19)18-9-5-2-6-10-18/h1-14H. The molecule has 0 saturated heterocycles. The van der Waals surface area contributed by atoms with Gasteiger partial charge in [0.2, 0.25) is 5.78 Å². The second-order valence-electron chi connectivity index (χ2n) is 7.14. The number of aromatic nitrogens is 7.